The number of aromatic nitrogens is 1. The Bertz CT molecular complexity index is 1150. The van der Waals surface area contributed by atoms with Crippen molar-refractivity contribution in [3.63, 3.8) is 0 Å². The molecule has 156 valence electrons. The summed E-state index contributed by atoms with van der Waals surface area (Å²) in [5, 5.41) is 20.1. The monoisotopic (exact) mass is 450 g/mol. The first-order valence-corrected chi connectivity index (χ1v) is 10.4. The number of methoxy groups -OCH3 is 2. The van der Waals surface area contributed by atoms with E-state index in [9.17, 15) is 14.3 Å². The van der Waals surface area contributed by atoms with Crippen molar-refractivity contribution < 1.29 is 33.6 Å². The largest absolute Gasteiger partial charge is 0.502 e. The third kappa shape index (κ3) is 3.73. The van der Waals surface area contributed by atoms with Gasteiger partial charge in [0, 0.05) is 30.0 Å². The number of aliphatic carboxylic acids is 1. The van der Waals surface area contributed by atoms with Gasteiger partial charge in [-0.05, 0) is 0 Å². The summed E-state index contributed by atoms with van der Waals surface area (Å²) in [6, 6.07) is 4.78. The molecule has 30 heavy (non-hydrogen) atoms. The first-order valence-electron chi connectivity index (χ1n) is 8.56. The zero-order valence-corrected chi connectivity index (χ0v) is 17.3. The Kier molecular flexibility index (Phi) is 5.39. The summed E-state index contributed by atoms with van der Waals surface area (Å²) in [6.45, 7) is 0. The Morgan fingerprint density at radius 2 is 1.87 bits per heavy atom. The van der Waals surface area contributed by atoms with Crippen LogP contribution in [0.15, 0.2) is 29.3 Å². The number of thiazole rings is 1. The maximum Gasteiger partial charge on any atom is 0.329 e. The maximum absolute atomic E-state index is 14.6. The van der Waals surface area contributed by atoms with E-state index in [0.29, 0.717) is 26.0 Å². The maximum atomic E-state index is 14.6. The minimum absolute atomic E-state index is 0.0445. The SMILES string of the molecule is COc1cc(Oc2cc3sc(C4=NC(C(=O)O)CS4)nc3cc2F)cc(OC)c1O. The third-order valence-corrected chi connectivity index (χ3v) is 6.45. The molecule has 0 bridgehead atoms. The van der Waals surface area contributed by atoms with Crippen LogP contribution in [0.1, 0.15) is 5.01 Å². The Balaban J connectivity index is 1.67. The molecule has 0 aliphatic carbocycles. The summed E-state index contributed by atoms with van der Waals surface area (Å²) in [6.07, 6.45) is 0. The van der Waals surface area contributed by atoms with Gasteiger partial charge in [0.15, 0.2) is 29.1 Å². The molecule has 1 aliphatic rings. The molecule has 0 amide bonds. The van der Waals surface area contributed by atoms with E-state index in [1.54, 1.807) is 0 Å². The van der Waals surface area contributed by atoms with Gasteiger partial charge >= 0.3 is 5.97 Å². The van der Waals surface area contributed by atoms with Crippen molar-refractivity contribution in [1.29, 1.82) is 0 Å². The van der Waals surface area contributed by atoms with Gasteiger partial charge < -0.3 is 24.4 Å². The van der Waals surface area contributed by atoms with Crippen LogP contribution in [0.4, 0.5) is 4.39 Å². The van der Waals surface area contributed by atoms with Crippen molar-refractivity contribution in [2.45, 2.75) is 6.04 Å². The van der Waals surface area contributed by atoms with Gasteiger partial charge in [-0.2, -0.15) is 0 Å². The van der Waals surface area contributed by atoms with E-state index in [1.807, 2.05) is 0 Å². The van der Waals surface area contributed by atoms with Crippen LogP contribution in [-0.2, 0) is 4.79 Å². The van der Waals surface area contributed by atoms with Crippen LogP contribution in [0.2, 0.25) is 0 Å². The zero-order chi connectivity index (χ0) is 21.4. The van der Waals surface area contributed by atoms with Gasteiger partial charge in [-0.15, -0.1) is 23.1 Å². The number of benzene rings is 2. The molecule has 3 aromatic rings. The average Bonchev–Trinajstić information content (AvgIpc) is 3.36. The fourth-order valence-electron chi connectivity index (χ4n) is 2.77. The van der Waals surface area contributed by atoms with E-state index in [4.69, 9.17) is 19.3 Å². The quantitative estimate of drug-likeness (QED) is 0.582. The standard InChI is InChI=1S/C19H15FN2O6S2/c1-26-13-3-8(4-14(27-2)16(13)23)28-12-6-15-10(5-9(12)20)21-18(30-15)17-22-11(7-29-17)19(24)25/h3-6,11,23H,7H2,1-2H3,(H,24,25). The van der Waals surface area contributed by atoms with E-state index in [0.717, 1.165) is 0 Å². The predicted molar refractivity (Wildman–Crippen MR) is 111 cm³/mol. The molecular formula is C19H15FN2O6S2. The Labute approximate surface area is 177 Å². The number of rotatable bonds is 6. The zero-order valence-electron chi connectivity index (χ0n) is 15.7. The summed E-state index contributed by atoms with van der Waals surface area (Å²) < 4.78 is 31.1. The van der Waals surface area contributed by atoms with E-state index in [2.05, 4.69) is 9.98 Å². The lowest BCUT2D eigenvalue weighted by Crippen LogP contribution is -2.17. The molecule has 0 fully saturated rings. The topological polar surface area (TPSA) is 110 Å². The van der Waals surface area contributed by atoms with Gasteiger partial charge in [-0.1, -0.05) is 0 Å². The van der Waals surface area contributed by atoms with Gasteiger partial charge in [-0.25, -0.2) is 14.2 Å². The summed E-state index contributed by atoms with van der Waals surface area (Å²) in [7, 11) is 2.75. The number of aromatic hydroxyl groups is 1. The summed E-state index contributed by atoms with van der Waals surface area (Å²) in [5.41, 5.74) is 0.419. The first-order chi connectivity index (χ1) is 14.4. The average molecular weight is 450 g/mol. The van der Waals surface area contributed by atoms with E-state index >= 15 is 0 Å². The third-order valence-electron chi connectivity index (χ3n) is 4.24. The highest BCUT2D eigenvalue weighted by atomic mass is 32.2. The number of halogens is 1. The highest BCUT2D eigenvalue weighted by Crippen LogP contribution is 2.42. The molecule has 0 spiro atoms. The number of carboxylic acids is 1. The second kappa shape index (κ2) is 8.00. The lowest BCUT2D eigenvalue weighted by molar-refractivity contribution is -0.137. The van der Waals surface area contributed by atoms with Gasteiger partial charge in [0.25, 0.3) is 0 Å². The molecule has 1 aromatic heterocycles. The minimum atomic E-state index is -0.986. The Morgan fingerprint density at radius 1 is 1.17 bits per heavy atom. The fraction of sp³-hybridized carbons (Fsp3) is 0.211. The van der Waals surface area contributed by atoms with Crippen molar-refractivity contribution in [2.24, 2.45) is 4.99 Å². The molecule has 2 N–H and O–H groups in total. The van der Waals surface area contributed by atoms with E-state index < -0.39 is 17.8 Å². The molecule has 8 nitrogen and oxygen atoms in total. The predicted octanol–water partition coefficient (Wildman–Crippen LogP) is 3.90. The molecule has 1 unspecified atom stereocenters. The lowest BCUT2D eigenvalue weighted by Gasteiger charge is -2.12. The Hall–Kier alpha value is -3.05. The number of aliphatic imine (C=N–C) groups is 1. The molecule has 2 aromatic carbocycles. The van der Waals surface area contributed by atoms with Gasteiger partial charge in [0.1, 0.15) is 15.8 Å². The molecule has 2 heterocycles. The molecule has 0 radical (unpaired) electrons. The van der Waals surface area contributed by atoms with Gasteiger partial charge in [0.2, 0.25) is 5.75 Å². The number of hydrogen-bond donors (Lipinski definition) is 2. The highest BCUT2D eigenvalue weighted by Gasteiger charge is 2.27. The highest BCUT2D eigenvalue weighted by molar-refractivity contribution is 8.15. The molecular weight excluding hydrogens is 435 g/mol. The number of hydrogen-bond acceptors (Lipinski definition) is 9. The molecule has 1 atom stereocenters. The molecule has 0 saturated heterocycles. The van der Waals surface area contributed by atoms with Gasteiger partial charge in [-0.3, -0.25) is 4.99 Å². The second-order valence-electron chi connectivity index (χ2n) is 6.15. The number of ether oxygens (including phenoxy) is 3. The fourth-order valence-corrected chi connectivity index (χ4v) is 4.85. The summed E-state index contributed by atoms with van der Waals surface area (Å²) >= 11 is 2.58. The molecule has 1 aliphatic heterocycles. The van der Waals surface area contributed by atoms with E-state index in [-0.39, 0.29) is 28.7 Å². The van der Waals surface area contributed by atoms with Crippen molar-refractivity contribution in [1.82, 2.24) is 4.98 Å². The van der Waals surface area contributed by atoms with Crippen LogP contribution < -0.4 is 14.2 Å². The number of phenols is 1. The number of phenolic OH excluding ortho intramolecular Hbond substituents is 1. The minimum Gasteiger partial charge on any atom is -0.502 e. The molecule has 11 heteroatoms. The van der Waals surface area contributed by atoms with Crippen LogP contribution >= 0.6 is 23.1 Å². The smallest absolute Gasteiger partial charge is 0.329 e. The molecule has 0 saturated carbocycles. The van der Waals surface area contributed by atoms with Crippen LogP contribution in [0, 0.1) is 5.82 Å². The van der Waals surface area contributed by atoms with E-state index in [1.165, 1.54) is 61.6 Å². The van der Waals surface area contributed by atoms with Crippen molar-refractivity contribution in [3.8, 4) is 28.7 Å². The van der Waals surface area contributed by atoms with Crippen molar-refractivity contribution in [3.05, 3.63) is 35.1 Å². The van der Waals surface area contributed by atoms with Crippen molar-refractivity contribution >= 4 is 44.3 Å². The van der Waals surface area contributed by atoms with Crippen LogP contribution in [-0.4, -0.2) is 52.2 Å². The first kappa shape index (κ1) is 20.2. The second-order valence-corrected chi connectivity index (χ2v) is 8.19. The summed E-state index contributed by atoms with van der Waals surface area (Å²) in [4.78, 5) is 19.6. The van der Waals surface area contributed by atoms with Crippen molar-refractivity contribution in [2.75, 3.05) is 20.0 Å². The Morgan fingerprint density at radius 3 is 2.47 bits per heavy atom. The number of carbonyl (C=O) groups is 1. The van der Waals surface area contributed by atoms with Gasteiger partial charge in [0.05, 0.1) is 24.4 Å². The number of fused-ring (bicyclic) bond motifs is 1. The number of thioether (sulfide) groups is 1. The van der Waals surface area contributed by atoms with Crippen LogP contribution in [0.3, 0.4) is 0 Å². The normalized spacial score (nSPS) is 15.8. The van der Waals surface area contributed by atoms with Crippen LogP contribution in [0.5, 0.6) is 28.7 Å². The van der Waals surface area contributed by atoms with Crippen LogP contribution in [0.25, 0.3) is 10.2 Å². The number of carboxylic acid groups (broad SMARTS) is 1. The lowest BCUT2D eigenvalue weighted by atomic mass is 10.2. The molecule has 4 rings (SSSR count). The summed E-state index contributed by atoms with van der Waals surface area (Å²) in [5.74, 6) is -1.06. The number of nitrogens with zero attached hydrogens (tertiary/aromatic N) is 2.